The summed E-state index contributed by atoms with van der Waals surface area (Å²) >= 11 is 0. The van der Waals surface area contributed by atoms with Gasteiger partial charge in [-0.2, -0.15) is 4.98 Å². The molecule has 32 heavy (non-hydrogen) atoms. The second-order valence-electron chi connectivity index (χ2n) is 8.11. The van der Waals surface area contributed by atoms with Gasteiger partial charge >= 0.3 is 5.69 Å². The number of unbranched alkanes of at least 4 members (excludes halogenated alkanes) is 1. The first-order chi connectivity index (χ1) is 15.6. The molecule has 2 aromatic rings. The molecule has 0 fully saturated rings. The van der Waals surface area contributed by atoms with Gasteiger partial charge in [-0.25, -0.2) is 9.78 Å². The third-order valence-electron chi connectivity index (χ3n) is 5.80. The second kappa shape index (κ2) is 9.87. The lowest BCUT2D eigenvalue weighted by Crippen LogP contribution is -2.29. The minimum Gasteiger partial charge on any atom is -0.385 e. The molecule has 166 valence electrons. The summed E-state index contributed by atoms with van der Waals surface area (Å²) in [6.07, 6.45) is 4.70. The monoisotopic (exact) mass is 432 g/mol. The zero-order valence-corrected chi connectivity index (χ0v) is 18.6. The van der Waals surface area contributed by atoms with Gasteiger partial charge in [0.25, 0.3) is 5.56 Å². The Labute approximate surface area is 186 Å². The van der Waals surface area contributed by atoms with Crippen molar-refractivity contribution in [2.24, 2.45) is 0 Å². The van der Waals surface area contributed by atoms with Gasteiger partial charge in [0.05, 0.1) is 11.0 Å². The summed E-state index contributed by atoms with van der Waals surface area (Å²) in [6, 6.07) is 14.4. The number of ether oxygens (including phenoxy) is 1. The van der Waals surface area contributed by atoms with Crippen LogP contribution >= 0.6 is 0 Å². The van der Waals surface area contributed by atoms with Crippen LogP contribution in [0.3, 0.4) is 0 Å². The molecule has 0 saturated carbocycles. The number of benzene rings is 2. The predicted molar refractivity (Wildman–Crippen MR) is 125 cm³/mol. The zero-order valence-electron chi connectivity index (χ0n) is 18.6. The maximum absolute atomic E-state index is 12.5. The first-order valence-corrected chi connectivity index (χ1v) is 11.0. The molecule has 0 aromatic heterocycles. The molecule has 7 nitrogen and oxygen atoms in total. The molecule has 2 aliphatic rings. The molecule has 2 aliphatic heterocycles. The normalized spacial score (nSPS) is 11.4. The number of H-pyrrole nitrogens is 1. The van der Waals surface area contributed by atoms with E-state index in [1.54, 1.807) is 7.11 Å². The molecule has 0 aliphatic carbocycles. The van der Waals surface area contributed by atoms with Crippen molar-refractivity contribution in [2.75, 3.05) is 13.7 Å². The highest BCUT2D eigenvalue weighted by Crippen LogP contribution is 2.25. The molecule has 2 heterocycles. The number of aryl methyl sites for hydroxylation is 4. The van der Waals surface area contributed by atoms with E-state index in [9.17, 15) is 9.59 Å². The second-order valence-corrected chi connectivity index (χ2v) is 8.11. The van der Waals surface area contributed by atoms with Crippen molar-refractivity contribution in [3.05, 3.63) is 80.0 Å². The SMILES string of the molecule is COCCCCc1cc2c(cc1C)nc1c(=O)[nH]c(=O)nc-1n2CCCc1ccccc1. The van der Waals surface area contributed by atoms with E-state index in [0.717, 1.165) is 55.3 Å². The number of hydrogen-bond acceptors (Lipinski definition) is 5. The zero-order chi connectivity index (χ0) is 22.5. The Bertz CT molecular complexity index is 1290. The van der Waals surface area contributed by atoms with Gasteiger partial charge < -0.3 is 9.30 Å². The van der Waals surface area contributed by atoms with Crippen molar-refractivity contribution in [1.29, 1.82) is 0 Å². The summed E-state index contributed by atoms with van der Waals surface area (Å²) in [5, 5.41) is 0. The summed E-state index contributed by atoms with van der Waals surface area (Å²) in [5.74, 6) is 0.341. The number of methoxy groups -OCH3 is 1. The number of fused-ring (bicyclic) bond motifs is 2. The maximum Gasteiger partial charge on any atom is 0.349 e. The van der Waals surface area contributed by atoms with Crippen LogP contribution in [-0.4, -0.2) is 33.2 Å². The Morgan fingerprint density at radius 1 is 1.00 bits per heavy atom. The summed E-state index contributed by atoms with van der Waals surface area (Å²) in [4.78, 5) is 35.4. The molecule has 0 saturated heterocycles. The van der Waals surface area contributed by atoms with Gasteiger partial charge in [0.2, 0.25) is 0 Å². The Morgan fingerprint density at radius 3 is 2.59 bits per heavy atom. The molecule has 2 aromatic carbocycles. The molecule has 0 radical (unpaired) electrons. The molecule has 0 spiro atoms. The van der Waals surface area contributed by atoms with Crippen LogP contribution in [0, 0.1) is 6.92 Å². The van der Waals surface area contributed by atoms with Crippen molar-refractivity contribution in [1.82, 2.24) is 19.5 Å². The minimum absolute atomic E-state index is 0.198. The Morgan fingerprint density at radius 2 is 1.81 bits per heavy atom. The standard InChI is InChI=1S/C25H28N4O3/c1-17-15-20-21(16-19(17)12-6-7-14-32-2)29(13-8-11-18-9-4-3-5-10-18)23-22(26-20)24(30)28-25(31)27-23/h3-5,9-10,15-16H,6-8,11-14H2,1-2H3,(H,28,30,31). The lowest BCUT2D eigenvalue weighted by atomic mass is 10.0. The molecule has 0 atom stereocenters. The molecule has 0 unspecified atom stereocenters. The summed E-state index contributed by atoms with van der Waals surface area (Å²) < 4.78 is 7.15. The fourth-order valence-electron chi connectivity index (χ4n) is 4.13. The van der Waals surface area contributed by atoms with E-state index in [1.807, 2.05) is 28.8 Å². The molecule has 7 heteroatoms. The van der Waals surface area contributed by atoms with Gasteiger partial charge in [-0.05, 0) is 67.9 Å². The van der Waals surface area contributed by atoms with Gasteiger partial charge in [0, 0.05) is 20.3 Å². The first-order valence-electron chi connectivity index (χ1n) is 11.0. The van der Waals surface area contributed by atoms with E-state index in [4.69, 9.17) is 4.74 Å². The lowest BCUT2D eigenvalue weighted by Gasteiger charge is -2.18. The third-order valence-corrected chi connectivity index (χ3v) is 5.80. The van der Waals surface area contributed by atoms with E-state index >= 15 is 0 Å². The number of aromatic amines is 1. The highest BCUT2D eigenvalue weighted by atomic mass is 16.5. The van der Waals surface area contributed by atoms with Crippen molar-refractivity contribution in [2.45, 2.75) is 45.6 Å². The van der Waals surface area contributed by atoms with Crippen LogP contribution in [0.4, 0.5) is 0 Å². The van der Waals surface area contributed by atoms with Gasteiger partial charge in [0.1, 0.15) is 0 Å². The van der Waals surface area contributed by atoms with Gasteiger partial charge in [-0.15, -0.1) is 0 Å². The predicted octanol–water partition coefficient (Wildman–Crippen LogP) is 3.49. The Hall–Kier alpha value is -3.32. The molecule has 0 amide bonds. The molecule has 1 N–H and O–H groups in total. The Kier molecular flexibility index (Phi) is 6.75. The smallest absolute Gasteiger partial charge is 0.349 e. The Balaban J connectivity index is 1.76. The number of aromatic nitrogens is 4. The molecule has 0 bridgehead atoms. The van der Waals surface area contributed by atoms with E-state index in [-0.39, 0.29) is 5.69 Å². The van der Waals surface area contributed by atoms with Crippen molar-refractivity contribution in [3.8, 4) is 11.5 Å². The average Bonchev–Trinajstić information content (AvgIpc) is 2.78. The largest absolute Gasteiger partial charge is 0.385 e. The highest BCUT2D eigenvalue weighted by Gasteiger charge is 2.19. The summed E-state index contributed by atoms with van der Waals surface area (Å²) in [7, 11) is 1.72. The van der Waals surface area contributed by atoms with Crippen LogP contribution in [0.25, 0.3) is 22.6 Å². The van der Waals surface area contributed by atoms with E-state index < -0.39 is 11.2 Å². The van der Waals surface area contributed by atoms with Gasteiger partial charge in [0.15, 0.2) is 11.5 Å². The van der Waals surface area contributed by atoms with Crippen LogP contribution in [0.15, 0.2) is 52.1 Å². The number of nitrogens with zero attached hydrogens (tertiary/aromatic N) is 3. The van der Waals surface area contributed by atoms with E-state index in [1.165, 1.54) is 11.1 Å². The fourth-order valence-corrected chi connectivity index (χ4v) is 4.13. The van der Waals surface area contributed by atoms with Crippen molar-refractivity contribution >= 4 is 11.0 Å². The minimum atomic E-state index is -0.646. The topological polar surface area (TPSA) is 89.9 Å². The van der Waals surface area contributed by atoms with Crippen LogP contribution in [0.5, 0.6) is 0 Å². The van der Waals surface area contributed by atoms with Crippen molar-refractivity contribution in [3.63, 3.8) is 0 Å². The number of rotatable bonds is 9. The fraction of sp³-hybridized carbons (Fsp3) is 0.360. The lowest BCUT2D eigenvalue weighted by molar-refractivity contribution is 0.193. The quantitative estimate of drug-likeness (QED) is 0.323. The van der Waals surface area contributed by atoms with Crippen LogP contribution in [0.2, 0.25) is 0 Å². The van der Waals surface area contributed by atoms with E-state index in [2.05, 4.69) is 40.1 Å². The molecular weight excluding hydrogens is 404 g/mol. The van der Waals surface area contributed by atoms with E-state index in [0.29, 0.717) is 12.4 Å². The molecule has 4 rings (SSSR count). The highest BCUT2D eigenvalue weighted by molar-refractivity contribution is 5.81. The van der Waals surface area contributed by atoms with Gasteiger partial charge in [-0.3, -0.25) is 9.78 Å². The number of nitrogens with one attached hydrogen (secondary N) is 1. The molecular formula is C25H28N4O3. The van der Waals surface area contributed by atoms with Crippen LogP contribution in [-0.2, 0) is 24.1 Å². The van der Waals surface area contributed by atoms with Gasteiger partial charge in [-0.1, -0.05) is 30.3 Å². The summed E-state index contributed by atoms with van der Waals surface area (Å²) in [5.41, 5.74) is 4.31. The first kappa shape index (κ1) is 21.9. The summed E-state index contributed by atoms with van der Waals surface area (Å²) in [6.45, 7) is 3.45. The number of hydrogen-bond donors (Lipinski definition) is 1. The third kappa shape index (κ3) is 4.78. The van der Waals surface area contributed by atoms with Crippen LogP contribution in [0.1, 0.15) is 36.0 Å². The average molecular weight is 433 g/mol. The van der Waals surface area contributed by atoms with Crippen LogP contribution < -0.4 is 11.2 Å². The van der Waals surface area contributed by atoms with Crippen molar-refractivity contribution < 1.29 is 4.74 Å². The maximum atomic E-state index is 12.5.